The Morgan fingerprint density at radius 2 is 1.90 bits per heavy atom. The van der Waals surface area contributed by atoms with Crippen LogP contribution in [0.2, 0.25) is 0 Å². The van der Waals surface area contributed by atoms with Crippen LogP contribution in [-0.2, 0) is 24.0 Å². The molecular formula is C30H42N4O6. The number of amides is 5. The maximum Gasteiger partial charge on any atom is 0.344 e. The SMILES string of the molecule is CC(C)CCC(=O)N([C@@H](CC=Cc1ccccc1)C(=O)NO[C@@H]1CCCCO1)N1C(=O)NC2(CCCCC2)C1=O. The number of hydrogen-bond donors (Lipinski definition) is 2. The fourth-order valence-corrected chi connectivity index (χ4v) is 5.46. The lowest BCUT2D eigenvalue weighted by Gasteiger charge is -2.37. The van der Waals surface area contributed by atoms with Crippen molar-refractivity contribution in [1.82, 2.24) is 20.8 Å². The third kappa shape index (κ3) is 7.28. The minimum atomic E-state index is -1.20. The van der Waals surface area contributed by atoms with Gasteiger partial charge in [-0.3, -0.25) is 14.4 Å². The van der Waals surface area contributed by atoms with Crippen molar-refractivity contribution in [2.45, 2.75) is 102 Å². The molecular weight excluding hydrogens is 512 g/mol. The van der Waals surface area contributed by atoms with Crippen molar-refractivity contribution in [2.24, 2.45) is 5.92 Å². The Balaban J connectivity index is 1.63. The highest BCUT2D eigenvalue weighted by molar-refractivity contribution is 6.08. The van der Waals surface area contributed by atoms with E-state index in [2.05, 4.69) is 10.8 Å². The van der Waals surface area contributed by atoms with Gasteiger partial charge in [0, 0.05) is 19.4 Å². The van der Waals surface area contributed by atoms with Gasteiger partial charge in [-0.05, 0) is 50.0 Å². The molecule has 2 heterocycles. The summed E-state index contributed by atoms with van der Waals surface area (Å²) in [5, 5.41) is 4.82. The first kappa shape index (κ1) is 29.7. The van der Waals surface area contributed by atoms with E-state index in [1.807, 2.05) is 50.3 Å². The Bertz CT molecular complexity index is 1060. The lowest BCUT2D eigenvalue weighted by atomic mass is 9.82. The zero-order chi connectivity index (χ0) is 28.5. The minimum Gasteiger partial charge on any atom is -0.350 e. The van der Waals surface area contributed by atoms with E-state index in [-0.39, 0.29) is 18.8 Å². The predicted molar refractivity (Wildman–Crippen MR) is 149 cm³/mol. The number of imide groups is 1. The Hall–Kier alpha value is -3.24. The van der Waals surface area contributed by atoms with Crippen LogP contribution in [0.1, 0.15) is 90.0 Å². The van der Waals surface area contributed by atoms with Crippen molar-refractivity contribution in [1.29, 1.82) is 0 Å². The Morgan fingerprint density at radius 1 is 1.15 bits per heavy atom. The molecule has 1 aromatic carbocycles. The molecule has 0 aromatic heterocycles. The third-order valence-electron chi connectivity index (χ3n) is 7.75. The standard InChI is InChI=1S/C30H42N4O6/c1-22(2)17-18-25(35)33(34-28(37)30(31-29(34)38)19-8-4-9-20-30)24(15-11-14-23-12-5-3-6-13-23)27(36)32-40-26-16-7-10-21-39-26/h3,5-6,11-14,22,24,26H,4,7-10,15-21H2,1-2H3,(H,31,38)(H,32,36)/t24-,26+/m0/s1. The summed E-state index contributed by atoms with van der Waals surface area (Å²) >= 11 is 0. The normalized spacial score (nSPS) is 21.6. The number of urea groups is 1. The highest BCUT2D eigenvalue weighted by Gasteiger charge is 2.55. The second kappa shape index (κ2) is 13.9. The molecule has 2 atom stereocenters. The van der Waals surface area contributed by atoms with E-state index >= 15 is 0 Å². The van der Waals surface area contributed by atoms with Crippen LogP contribution in [0.5, 0.6) is 0 Å². The van der Waals surface area contributed by atoms with E-state index in [9.17, 15) is 19.2 Å². The molecule has 1 aliphatic carbocycles. The zero-order valence-electron chi connectivity index (χ0n) is 23.6. The summed E-state index contributed by atoms with van der Waals surface area (Å²) in [5.41, 5.74) is 2.34. The van der Waals surface area contributed by atoms with E-state index < -0.39 is 41.6 Å². The van der Waals surface area contributed by atoms with Gasteiger partial charge in [-0.1, -0.05) is 75.6 Å². The minimum absolute atomic E-state index is 0.0626. The third-order valence-corrected chi connectivity index (χ3v) is 7.75. The molecule has 5 amide bonds. The number of carbonyl (C=O) groups excluding carboxylic acids is 4. The summed E-state index contributed by atoms with van der Waals surface area (Å²) in [6.45, 7) is 4.52. The maximum absolute atomic E-state index is 13.9. The van der Waals surface area contributed by atoms with Gasteiger partial charge in [0.2, 0.25) is 5.91 Å². The quantitative estimate of drug-likeness (QED) is 0.308. The molecule has 0 unspecified atom stereocenters. The summed E-state index contributed by atoms with van der Waals surface area (Å²) in [6, 6.07) is 7.69. The Kier molecular flexibility index (Phi) is 10.3. The van der Waals surface area contributed by atoms with Gasteiger partial charge in [0.15, 0.2) is 6.29 Å². The molecule has 3 aliphatic rings. The summed E-state index contributed by atoms with van der Waals surface area (Å²) in [4.78, 5) is 60.2. The molecule has 1 spiro atoms. The number of benzene rings is 1. The molecule has 0 radical (unpaired) electrons. The zero-order valence-corrected chi connectivity index (χ0v) is 23.6. The first-order valence-corrected chi connectivity index (χ1v) is 14.6. The van der Waals surface area contributed by atoms with Crippen molar-refractivity contribution >= 4 is 29.8 Å². The van der Waals surface area contributed by atoms with Crippen LogP contribution in [-0.4, -0.2) is 58.2 Å². The van der Waals surface area contributed by atoms with E-state index in [0.29, 0.717) is 32.3 Å². The van der Waals surface area contributed by atoms with Crippen LogP contribution in [0.15, 0.2) is 36.4 Å². The van der Waals surface area contributed by atoms with E-state index in [4.69, 9.17) is 9.57 Å². The molecule has 2 aliphatic heterocycles. The van der Waals surface area contributed by atoms with Gasteiger partial charge in [0.05, 0.1) is 0 Å². The summed E-state index contributed by atoms with van der Waals surface area (Å²) in [6.07, 6.45) is 9.79. The highest BCUT2D eigenvalue weighted by Crippen LogP contribution is 2.35. The largest absolute Gasteiger partial charge is 0.350 e. The summed E-state index contributed by atoms with van der Waals surface area (Å²) in [5.74, 6) is -1.35. The van der Waals surface area contributed by atoms with Crippen molar-refractivity contribution in [2.75, 3.05) is 6.61 Å². The van der Waals surface area contributed by atoms with Crippen molar-refractivity contribution < 1.29 is 28.8 Å². The molecule has 3 fully saturated rings. The van der Waals surface area contributed by atoms with Gasteiger partial charge in [-0.2, -0.15) is 5.01 Å². The predicted octanol–water partition coefficient (Wildman–Crippen LogP) is 4.47. The van der Waals surface area contributed by atoms with Crippen molar-refractivity contribution in [3.63, 3.8) is 0 Å². The number of carbonyl (C=O) groups is 4. The van der Waals surface area contributed by atoms with Gasteiger partial charge in [-0.25, -0.2) is 20.1 Å². The topological polar surface area (TPSA) is 117 Å². The van der Waals surface area contributed by atoms with Crippen LogP contribution >= 0.6 is 0 Å². The van der Waals surface area contributed by atoms with Gasteiger partial charge in [0.1, 0.15) is 11.6 Å². The van der Waals surface area contributed by atoms with Crippen LogP contribution in [0.25, 0.3) is 6.08 Å². The number of rotatable bonds is 11. The molecule has 1 aromatic rings. The molecule has 10 heteroatoms. The van der Waals surface area contributed by atoms with Gasteiger partial charge >= 0.3 is 6.03 Å². The summed E-state index contributed by atoms with van der Waals surface area (Å²) in [7, 11) is 0. The average Bonchev–Trinajstić information content (AvgIpc) is 3.19. The molecule has 1 saturated carbocycles. The second-order valence-corrected chi connectivity index (χ2v) is 11.3. The fraction of sp³-hybridized carbons (Fsp3) is 0.600. The molecule has 10 nitrogen and oxygen atoms in total. The molecule has 4 rings (SSSR count). The van der Waals surface area contributed by atoms with Gasteiger partial charge in [0.25, 0.3) is 11.8 Å². The van der Waals surface area contributed by atoms with Crippen LogP contribution in [0.3, 0.4) is 0 Å². The second-order valence-electron chi connectivity index (χ2n) is 11.3. The van der Waals surface area contributed by atoms with Gasteiger partial charge < -0.3 is 10.1 Å². The lowest BCUT2D eigenvalue weighted by molar-refractivity contribution is -0.204. The number of ether oxygens (including phenoxy) is 1. The molecule has 40 heavy (non-hydrogen) atoms. The Morgan fingerprint density at radius 3 is 2.58 bits per heavy atom. The average molecular weight is 555 g/mol. The van der Waals surface area contributed by atoms with E-state index in [1.54, 1.807) is 6.08 Å². The molecule has 218 valence electrons. The highest BCUT2D eigenvalue weighted by atomic mass is 16.8. The number of hydrogen-bond acceptors (Lipinski definition) is 6. The monoisotopic (exact) mass is 554 g/mol. The Labute approximate surface area is 236 Å². The van der Waals surface area contributed by atoms with Gasteiger partial charge in [-0.15, -0.1) is 0 Å². The molecule has 2 N–H and O–H groups in total. The molecule has 0 bridgehead atoms. The maximum atomic E-state index is 13.9. The number of nitrogens with zero attached hydrogens (tertiary/aromatic N) is 2. The lowest BCUT2D eigenvalue weighted by Crippen LogP contribution is -2.60. The summed E-state index contributed by atoms with van der Waals surface area (Å²) < 4.78 is 5.57. The van der Waals surface area contributed by atoms with Crippen LogP contribution in [0.4, 0.5) is 4.79 Å². The van der Waals surface area contributed by atoms with E-state index in [1.165, 1.54) is 0 Å². The number of nitrogens with one attached hydrogen (secondary N) is 2. The van der Waals surface area contributed by atoms with E-state index in [0.717, 1.165) is 47.7 Å². The van der Waals surface area contributed by atoms with Crippen molar-refractivity contribution in [3.8, 4) is 0 Å². The van der Waals surface area contributed by atoms with Crippen molar-refractivity contribution in [3.05, 3.63) is 42.0 Å². The smallest absolute Gasteiger partial charge is 0.344 e. The van der Waals surface area contributed by atoms with Crippen LogP contribution in [0, 0.1) is 5.92 Å². The molecule has 2 saturated heterocycles. The first-order chi connectivity index (χ1) is 19.3. The first-order valence-electron chi connectivity index (χ1n) is 14.6. The fourth-order valence-electron chi connectivity index (χ4n) is 5.46. The number of hydrazine groups is 1. The van der Waals surface area contributed by atoms with Crippen LogP contribution < -0.4 is 10.8 Å². The number of hydroxylamine groups is 1.